The highest BCUT2D eigenvalue weighted by Gasteiger charge is 2.44. The summed E-state index contributed by atoms with van der Waals surface area (Å²) in [4.78, 5) is 31.0. The Bertz CT molecular complexity index is 717. The van der Waals surface area contributed by atoms with Gasteiger partial charge in [-0.25, -0.2) is 9.97 Å². The van der Waals surface area contributed by atoms with Gasteiger partial charge in [-0.15, -0.1) is 11.3 Å². The van der Waals surface area contributed by atoms with Crippen LogP contribution in [0.2, 0.25) is 0 Å². The number of ether oxygens (including phenoxy) is 1. The van der Waals surface area contributed by atoms with E-state index in [-0.39, 0.29) is 18.4 Å². The van der Waals surface area contributed by atoms with Gasteiger partial charge in [0.15, 0.2) is 0 Å². The van der Waals surface area contributed by atoms with Crippen LogP contribution in [0.3, 0.4) is 0 Å². The minimum Gasteiger partial charge on any atom is -0.483 e. The zero-order chi connectivity index (χ0) is 15.7. The largest absolute Gasteiger partial charge is 0.483 e. The second-order valence-electron chi connectivity index (χ2n) is 5.30. The number of cyclic esters (lactones) is 1. The summed E-state index contributed by atoms with van der Waals surface area (Å²) in [6, 6.07) is 0. The number of rotatable bonds is 1. The molecule has 0 aromatic carbocycles. The highest BCUT2D eigenvalue weighted by atomic mass is 32.1. The Morgan fingerprint density at radius 1 is 1.45 bits per heavy atom. The SMILES string of the molecule is Cc1csc2c(N3C[C@@H]4COC(=O)[C@@H]4C3)ncnc12.O=CO. The van der Waals surface area contributed by atoms with Gasteiger partial charge < -0.3 is 14.7 Å². The van der Waals surface area contributed by atoms with Gasteiger partial charge in [-0.3, -0.25) is 9.59 Å². The summed E-state index contributed by atoms with van der Waals surface area (Å²) in [7, 11) is 0. The first kappa shape index (κ1) is 14.7. The van der Waals surface area contributed by atoms with Crippen molar-refractivity contribution < 1.29 is 19.4 Å². The summed E-state index contributed by atoms with van der Waals surface area (Å²) >= 11 is 1.67. The molecule has 2 aliphatic heterocycles. The molecule has 2 fully saturated rings. The maximum absolute atomic E-state index is 11.6. The molecule has 7 nitrogen and oxygen atoms in total. The molecule has 116 valence electrons. The molecule has 0 saturated carbocycles. The van der Waals surface area contributed by atoms with Crippen LogP contribution in [0.5, 0.6) is 0 Å². The lowest BCUT2D eigenvalue weighted by Gasteiger charge is -2.18. The van der Waals surface area contributed by atoms with Gasteiger partial charge in [0.1, 0.15) is 12.1 Å². The third-order valence-electron chi connectivity index (χ3n) is 4.00. The van der Waals surface area contributed by atoms with Gasteiger partial charge in [0.25, 0.3) is 6.47 Å². The Hall–Kier alpha value is -2.22. The van der Waals surface area contributed by atoms with E-state index in [0.29, 0.717) is 19.1 Å². The van der Waals surface area contributed by atoms with Gasteiger partial charge in [0.2, 0.25) is 0 Å². The van der Waals surface area contributed by atoms with Crippen LogP contribution in [0.1, 0.15) is 5.56 Å². The Balaban J connectivity index is 0.000000446. The van der Waals surface area contributed by atoms with Crippen molar-refractivity contribution in [1.82, 2.24) is 9.97 Å². The van der Waals surface area contributed by atoms with Gasteiger partial charge >= 0.3 is 5.97 Å². The van der Waals surface area contributed by atoms with E-state index < -0.39 is 0 Å². The van der Waals surface area contributed by atoms with Crippen LogP contribution >= 0.6 is 11.3 Å². The van der Waals surface area contributed by atoms with Crippen molar-refractivity contribution in [2.24, 2.45) is 11.8 Å². The van der Waals surface area contributed by atoms with Gasteiger partial charge in [0, 0.05) is 19.0 Å². The molecular formula is C14H15N3O4S. The van der Waals surface area contributed by atoms with E-state index in [9.17, 15) is 4.79 Å². The summed E-state index contributed by atoms with van der Waals surface area (Å²) in [6.07, 6.45) is 1.61. The third-order valence-corrected chi connectivity index (χ3v) is 5.08. The fraction of sp³-hybridized carbons (Fsp3) is 0.429. The molecule has 2 saturated heterocycles. The monoisotopic (exact) mass is 321 g/mol. The number of anilines is 1. The summed E-state index contributed by atoms with van der Waals surface area (Å²) in [5.41, 5.74) is 2.21. The smallest absolute Gasteiger partial charge is 0.311 e. The number of aryl methyl sites for hydroxylation is 1. The number of hydrogen-bond acceptors (Lipinski definition) is 7. The van der Waals surface area contributed by atoms with Gasteiger partial charge in [-0.1, -0.05) is 0 Å². The molecule has 0 spiro atoms. The van der Waals surface area contributed by atoms with Crippen molar-refractivity contribution >= 4 is 39.8 Å². The fourth-order valence-corrected chi connectivity index (χ4v) is 3.98. The van der Waals surface area contributed by atoms with E-state index in [0.717, 1.165) is 22.6 Å². The van der Waals surface area contributed by atoms with E-state index in [4.69, 9.17) is 14.6 Å². The minimum atomic E-state index is -0.250. The molecule has 0 unspecified atom stereocenters. The average molecular weight is 321 g/mol. The number of aromatic nitrogens is 2. The lowest BCUT2D eigenvalue weighted by molar-refractivity contribution is -0.140. The number of carbonyl (C=O) groups is 2. The van der Waals surface area contributed by atoms with Crippen LogP contribution in [0.15, 0.2) is 11.7 Å². The number of hydrogen-bond donors (Lipinski definition) is 1. The van der Waals surface area contributed by atoms with Crippen molar-refractivity contribution in [1.29, 1.82) is 0 Å². The second kappa shape index (κ2) is 5.88. The Labute approximate surface area is 130 Å². The molecule has 2 aromatic heterocycles. The maximum Gasteiger partial charge on any atom is 0.311 e. The molecular weight excluding hydrogens is 306 g/mol. The van der Waals surface area contributed by atoms with Crippen LogP contribution in [0, 0.1) is 18.8 Å². The molecule has 0 bridgehead atoms. The molecule has 0 radical (unpaired) electrons. The maximum atomic E-state index is 11.6. The van der Waals surface area contributed by atoms with Gasteiger partial charge in [-0.2, -0.15) is 0 Å². The molecule has 22 heavy (non-hydrogen) atoms. The lowest BCUT2D eigenvalue weighted by atomic mass is 10.0. The van der Waals surface area contributed by atoms with Crippen LogP contribution in [-0.2, 0) is 14.3 Å². The van der Waals surface area contributed by atoms with Crippen LogP contribution in [-0.4, -0.2) is 47.2 Å². The predicted molar refractivity (Wildman–Crippen MR) is 81.0 cm³/mol. The number of thiophene rings is 1. The molecule has 4 heterocycles. The van der Waals surface area contributed by atoms with Crippen molar-refractivity contribution in [3.8, 4) is 0 Å². The van der Waals surface area contributed by atoms with Gasteiger partial charge in [-0.05, 0) is 17.9 Å². The number of carboxylic acid groups (broad SMARTS) is 1. The highest BCUT2D eigenvalue weighted by Crippen LogP contribution is 2.37. The van der Waals surface area contributed by atoms with E-state index in [1.54, 1.807) is 17.7 Å². The molecule has 0 amide bonds. The van der Waals surface area contributed by atoms with Crippen molar-refractivity contribution in [3.05, 3.63) is 17.3 Å². The molecule has 2 aliphatic rings. The summed E-state index contributed by atoms with van der Waals surface area (Å²) in [5, 5.41) is 8.99. The fourth-order valence-electron chi connectivity index (χ4n) is 2.96. The van der Waals surface area contributed by atoms with Crippen molar-refractivity contribution in [3.63, 3.8) is 0 Å². The Morgan fingerprint density at radius 2 is 2.23 bits per heavy atom. The highest BCUT2D eigenvalue weighted by molar-refractivity contribution is 7.18. The zero-order valence-electron chi connectivity index (χ0n) is 11.9. The lowest BCUT2D eigenvalue weighted by Crippen LogP contribution is -2.24. The quantitative estimate of drug-likeness (QED) is 0.625. The Kier molecular flexibility index (Phi) is 3.93. The first-order valence-electron chi connectivity index (χ1n) is 6.84. The van der Waals surface area contributed by atoms with E-state index in [1.807, 2.05) is 0 Å². The number of fused-ring (bicyclic) bond motifs is 2. The standard InChI is InChI=1S/C13H13N3O2S.CH2O2/c1-7-5-19-11-10(7)14-6-15-12(11)16-2-8-4-18-13(17)9(8)3-16;2-1-3/h5-6,8-9H,2-4H2,1H3;1H,(H,2,3)/t8-,9-;/m1./s1. The second-order valence-corrected chi connectivity index (χ2v) is 6.18. The summed E-state index contributed by atoms with van der Waals surface area (Å²) in [5.74, 6) is 1.25. The van der Waals surface area contributed by atoms with Crippen molar-refractivity contribution in [2.45, 2.75) is 6.92 Å². The van der Waals surface area contributed by atoms with Gasteiger partial charge in [0.05, 0.1) is 22.7 Å². The van der Waals surface area contributed by atoms with E-state index in [1.165, 1.54) is 5.56 Å². The summed E-state index contributed by atoms with van der Waals surface area (Å²) in [6.45, 7) is 3.93. The predicted octanol–water partition coefficient (Wildman–Crippen LogP) is 1.31. The first-order chi connectivity index (χ1) is 10.7. The number of carbonyl (C=O) groups excluding carboxylic acids is 1. The zero-order valence-corrected chi connectivity index (χ0v) is 12.7. The van der Waals surface area contributed by atoms with E-state index >= 15 is 0 Å². The minimum absolute atomic E-state index is 0.0195. The first-order valence-corrected chi connectivity index (χ1v) is 7.72. The molecule has 2 atom stereocenters. The normalized spacial score (nSPS) is 23.0. The third kappa shape index (κ3) is 2.39. The molecule has 2 aromatic rings. The van der Waals surface area contributed by atoms with E-state index in [2.05, 4.69) is 27.2 Å². The average Bonchev–Trinajstić information content (AvgIpc) is 3.17. The van der Waals surface area contributed by atoms with Crippen LogP contribution in [0.4, 0.5) is 5.82 Å². The number of esters is 1. The summed E-state index contributed by atoms with van der Waals surface area (Å²) < 4.78 is 6.22. The molecule has 4 rings (SSSR count). The number of nitrogens with zero attached hydrogens (tertiary/aromatic N) is 3. The molecule has 8 heteroatoms. The van der Waals surface area contributed by atoms with Crippen LogP contribution in [0.25, 0.3) is 10.2 Å². The topological polar surface area (TPSA) is 92.6 Å². The molecule has 1 N–H and O–H groups in total. The Morgan fingerprint density at radius 3 is 2.95 bits per heavy atom. The van der Waals surface area contributed by atoms with Crippen LogP contribution < -0.4 is 4.90 Å². The van der Waals surface area contributed by atoms with Crippen molar-refractivity contribution in [2.75, 3.05) is 24.6 Å². The molecule has 0 aliphatic carbocycles.